The van der Waals surface area contributed by atoms with Crippen molar-refractivity contribution >= 4 is 27.5 Å². The van der Waals surface area contributed by atoms with E-state index in [1.165, 1.54) is 0 Å². The smallest absolute Gasteiger partial charge is 0.238 e. The van der Waals surface area contributed by atoms with Crippen LogP contribution in [-0.2, 0) is 4.79 Å². The van der Waals surface area contributed by atoms with Crippen LogP contribution < -0.4 is 10.6 Å². The summed E-state index contributed by atoms with van der Waals surface area (Å²) in [5, 5.41) is 14.8. The average Bonchev–Trinajstić information content (AvgIpc) is 2.27. The van der Waals surface area contributed by atoms with Crippen molar-refractivity contribution in [2.45, 2.75) is 19.4 Å². The minimum absolute atomic E-state index is 0.0167. The molecule has 1 aromatic rings. The molecule has 17 heavy (non-hydrogen) atoms. The maximum Gasteiger partial charge on any atom is 0.238 e. The number of amides is 1. The second kappa shape index (κ2) is 6.14. The first kappa shape index (κ1) is 14.2. The van der Waals surface area contributed by atoms with Crippen molar-refractivity contribution in [3.63, 3.8) is 0 Å². The summed E-state index contributed by atoms with van der Waals surface area (Å²) in [5.41, 5.74) is 0.294. The van der Waals surface area contributed by atoms with Crippen LogP contribution in [0.3, 0.4) is 0 Å². The van der Waals surface area contributed by atoms with E-state index >= 15 is 0 Å². The molecule has 1 aromatic carbocycles. The highest BCUT2D eigenvalue weighted by atomic mass is 79.9. The van der Waals surface area contributed by atoms with Gasteiger partial charge in [-0.3, -0.25) is 4.79 Å². The van der Waals surface area contributed by atoms with Crippen LogP contribution >= 0.6 is 15.9 Å². The van der Waals surface area contributed by atoms with Crippen molar-refractivity contribution in [2.75, 3.05) is 18.5 Å². The quantitative estimate of drug-likeness (QED) is 0.776. The van der Waals surface area contributed by atoms with Gasteiger partial charge < -0.3 is 15.7 Å². The second-order valence-electron chi connectivity index (χ2n) is 4.45. The van der Waals surface area contributed by atoms with Gasteiger partial charge in [-0.15, -0.1) is 0 Å². The fraction of sp³-hybridized carbons (Fsp3) is 0.417. The number of benzene rings is 1. The zero-order chi connectivity index (χ0) is 12.9. The van der Waals surface area contributed by atoms with Crippen LogP contribution in [0.2, 0.25) is 0 Å². The maximum absolute atomic E-state index is 11.6. The van der Waals surface area contributed by atoms with Gasteiger partial charge in [-0.1, -0.05) is 22.0 Å². The molecule has 0 heterocycles. The van der Waals surface area contributed by atoms with Crippen LogP contribution in [0.5, 0.6) is 0 Å². The van der Waals surface area contributed by atoms with Gasteiger partial charge in [-0.2, -0.15) is 0 Å². The molecule has 94 valence electrons. The summed E-state index contributed by atoms with van der Waals surface area (Å²) in [7, 11) is 0. The third kappa shape index (κ3) is 5.30. The Hall–Kier alpha value is -0.910. The van der Waals surface area contributed by atoms with Crippen molar-refractivity contribution in [1.82, 2.24) is 5.32 Å². The zero-order valence-electron chi connectivity index (χ0n) is 9.96. The summed E-state index contributed by atoms with van der Waals surface area (Å²) in [5.74, 6) is -0.135. The molecule has 0 saturated heterocycles. The van der Waals surface area contributed by atoms with Crippen molar-refractivity contribution in [1.29, 1.82) is 0 Å². The molecule has 0 aliphatic carbocycles. The van der Waals surface area contributed by atoms with Crippen molar-refractivity contribution in [3.8, 4) is 0 Å². The molecule has 0 atom stereocenters. The van der Waals surface area contributed by atoms with Gasteiger partial charge >= 0.3 is 0 Å². The molecule has 0 radical (unpaired) electrons. The summed E-state index contributed by atoms with van der Waals surface area (Å²) < 4.78 is 0.916. The fourth-order valence-electron chi connectivity index (χ4n) is 1.15. The lowest BCUT2D eigenvalue weighted by atomic mass is 10.1. The first-order chi connectivity index (χ1) is 7.93. The minimum atomic E-state index is -0.450. The Labute approximate surface area is 110 Å². The predicted molar refractivity (Wildman–Crippen MR) is 71.9 cm³/mol. The Morgan fingerprint density at radius 2 is 2.18 bits per heavy atom. The molecule has 0 aromatic heterocycles. The van der Waals surface area contributed by atoms with Gasteiger partial charge in [0.1, 0.15) is 0 Å². The predicted octanol–water partition coefficient (Wildman–Crippen LogP) is 1.75. The lowest BCUT2D eigenvalue weighted by Crippen LogP contribution is -2.46. The molecule has 4 nitrogen and oxygen atoms in total. The average molecular weight is 301 g/mol. The van der Waals surface area contributed by atoms with Gasteiger partial charge in [0.2, 0.25) is 5.91 Å². The van der Waals surface area contributed by atoms with Crippen molar-refractivity contribution in [2.24, 2.45) is 0 Å². The SMILES string of the molecule is CC(C)(CO)NCC(=O)Nc1cccc(Br)c1. The zero-order valence-corrected chi connectivity index (χ0v) is 11.5. The minimum Gasteiger partial charge on any atom is -0.394 e. The molecule has 1 amide bonds. The summed E-state index contributed by atoms with van der Waals surface area (Å²) in [6.07, 6.45) is 0. The number of hydrogen-bond acceptors (Lipinski definition) is 3. The molecule has 0 saturated carbocycles. The summed E-state index contributed by atoms with van der Waals surface area (Å²) in [6.45, 7) is 3.82. The molecule has 1 rings (SSSR count). The first-order valence-electron chi connectivity index (χ1n) is 5.34. The normalized spacial score (nSPS) is 11.3. The fourth-order valence-corrected chi connectivity index (χ4v) is 1.55. The van der Waals surface area contributed by atoms with Crippen molar-refractivity contribution in [3.05, 3.63) is 28.7 Å². The van der Waals surface area contributed by atoms with Crippen LogP contribution in [0, 0.1) is 0 Å². The Bertz CT molecular complexity index is 394. The molecule has 0 spiro atoms. The number of rotatable bonds is 5. The molecule has 0 aliphatic heterocycles. The van der Waals surface area contributed by atoms with E-state index in [-0.39, 0.29) is 19.1 Å². The summed E-state index contributed by atoms with van der Waals surface area (Å²) in [6, 6.07) is 7.39. The highest BCUT2D eigenvalue weighted by Gasteiger charge is 2.16. The van der Waals surface area contributed by atoms with Crippen LogP contribution in [0.4, 0.5) is 5.69 Å². The molecular formula is C12H17BrN2O2. The Kier molecular flexibility index (Phi) is 5.11. The summed E-state index contributed by atoms with van der Waals surface area (Å²) in [4.78, 5) is 11.6. The van der Waals surface area contributed by atoms with E-state index in [0.717, 1.165) is 10.2 Å². The monoisotopic (exact) mass is 300 g/mol. The Morgan fingerprint density at radius 1 is 1.47 bits per heavy atom. The molecular weight excluding hydrogens is 284 g/mol. The molecule has 0 fully saturated rings. The molecule has 0 aliphatic rings. The molecule has 3 N–H and O–H groups in total. The molecule has 0 bridgehead atoms. The number of anilines is 1. The van der Waals surface area contributed by atoms with Gasteiger partial charge in [0.05, 0.1) is 13.2 Å². The number of carbonyl (C=O) groups excluding carboxylic acids is 1. The van der Waals surface area contributed by atoms with E-state index in [0.29, 0.717) is 0 Å². The van der Waals surface area contributed by atoms with Crippen LogP contribution in [0.25, 0.3) is 0 Å². The van der Waals surface area contributed by atoms with E-state index in [1.54, 1.807) is 0 Å². The van der Waals surface area contributed by atoms with E-state index < -0.39 is 5.54 Å². The topological polar surface area (TPSA) is 61.4 Å². The standard InChI is InChI=1S/C12H17BrN2O2/c1-12(2,8-16)14-7-11(17)15-10-5-3-4-9(13)6-10/h3-6,14,16H,7-8H2,1-2H3,(H,15,17). The van der Waals surface area contributed by atoms with Gasteiger partial charge in [0.25, 0.3) is 0 Å². The van der Waals surface area contributed by atoms with Gasteiger partial charge in [-0.25, -0.2) is 0 Å². The lowest BCUT2D eigenvalue weighted by molar-refractivity contribution is -0.115. The maximum atomic E-state index is 11.6. The van der Waals surface area contributed by atoms with E-state index in [4.69, 9.17) is 5.11 Å². The van der Waals surface area contributed by atoms with Crippen LogP contribution in [-0.4, -0.2) is 29.7 Å². The third-order valence-electron chi connectivity index (χ3n) is 2.23. The molecule has 0 unspecified atom stereocenters. The third-order valence-corrected chi connectivity index (χ3v) is 2.72. The van der Waals surface area contributed by atoms with Crippen molar-refractivity contribution < 1.29 is 9.90 Å². The van der Waals surface area contributed by atoms with Gasteiger partial charge in [-0.05, 0) is 32.0 Å². The number of aliphatic hydroxyl groups excluding tert-OH is 1. The highest BCUT2D eigenvalue weighted by molar-refractivity contribution is 9.10. The van der Waals surface area contributed by atoms with Crippen LogP contribution in [0.1, 0.15) is 13.8 Å². The Morgan fingerprint density at radius 3 is 2.76 bits per heavy atom. The highest BCUT2D eigenvalue weighted by Crippen LogP contribution is 2.15. The van der Waals surface area contributed by atoms with Crippen LogP contribution in [0.15, 0.2) is 28.7 Å². The van der Waals surface area contributed by atoms with E-state index in [1.807, 2.05) is 38.1 Å². The van der Waals surface area contributed by atoms with E-state index in [2.05, 4.69) is 26.6 Å². The van der Waals surface area contributed by atoms with Gasteiger partial charge in [0.15, 0.2) is 0 Å². The Balaban J connectivity index is 2.45. The second-order valence-corrected chi connectivity index (χ2v) is 5.37. The van der Waals surface area contributed by atoms with E-state index in [9.17, 15) is 4.79 Å². The lowest BCUT2D eigenvalue weighted by Gasteiger charge is -2.23. The number of hydrogen-bond donors (Lipinski definition) is 3. The number of nitrogens with one attached hydrogen (secondary N) is 2. The number of carbonyl (C=O) groups is 1. The largest absolute Gasteiger partial charge is 0.394 e. The number of halogens is 1. The summed E-state index contributed by atoms with van der Waals surface area (Å²) >= 11 is 3.33. The first-order valence-corrected chi connectivity index (χ1v) is 6.13. The van der Waals surface area contributed by atoms with Gasteiger partial charge in [0, 0.05) is 15.7 Å². The number of aliphatic hydroxyl groups is 1. The molecule has 5 heteroatoms.